The third-order valence-corrected chi connectivity index (χ3v) is 5.29. The SMILES string of the molecule is CSc1ccc2nc(Nc3cccc4ccccc34)sc2c1. The Morgan fingerprint density at radius 1 is 1.00 bits per heavy atom. The molecule has 0 fully saturated rings. The molecule has 1 aromatic heterocycles. The molecule has 0 spiro atoms. The van der Waals surface area contributed by atoms with Crippen molar-refractivity contribution in [2.75, 3.05) is 11.6 Å². The van der Waals surface area contributed by atoms with Gasteiger partial charge in [-0.3, -0.25) is 0 Å². The lowest BCUT2D eigenvalue weighted by molar-refractivity contribution is 1.43. The Balaban J connectivity index is 1.76. The maximum Gasteiger partial charge on any atom is 0.188 e. The second-order valence-electron chi connectivity index (χ2n) is 5.00. The van der Waals surface area contributed by atoms with Gasteiger partial charge < -0.3 is 5.32 Å². The van der Waals surface area contributed by atoms with Crippen LogP contribution in [0.3, 0.4) is 0 Å². The predicted molar refractivity (Wildman–Crippen MR) is 98.6 cm³/mol. The summed E-state index contributed by atoms with van der Waals surface area (Å²) >= 11 is 3.45. The van der Waals surface area contributed by atoms with E-state index in [-0.39, 0.29) is 0 Å². The predicted octanol–water partition coefficient (Wildman–Crippen LogP) is 5.92. The molecule has 0 amide bonds. The highest BCUT2D eigenvalue weighted by atomic mass is 32.2. The highest BCUT2D eigenvalue weighted by molar-refractivity contribution is 7.98. The van der Waals surface area contributed by atoms with E-state index >= 15 is 0 Å². The Morgan fingerprint density at radius 2 is 1.86 bits per heavy atom. The molecule has 0 saturated heterocycles. The van der Waals surface area contributed by atoms with E-state index in [4.69, 9.17) is 0 Å². The van der Waals surface area contributed by atoms with Gasteiger partial charge in [-0.2, -0.15) is 0 Å². The number of thiazole rings is 1. The van der Waals surface area contributed by atoms with Crippen molar-refractivity contribution in [1.29, 1.82) is 0 Å². The van der Waals surface area contributed by atoms with E-state index in [0.717, 1.165) is 16.3 Å². The van der Waals surface area contributed by atoms with Gasteiger partial charge in [-0.1, -0.05) is 47.7 Å². The van der Waals surface area contributed by atoms with E-state index in [0.29, 0.717) is 0 Å². The lowest BCUT2D eigenvalue weighted by Crippen LogP contribution is -1.90. The quantitative estimate of drug-likeness (QED) is 0.474. The molecule has 2 nitrogen and oxygen atoms in total. The first kappa shape index (κ1) is 13.6. The molecule has 0 aliphatic rings. The summed E-state index contributed by atoms with van der Waals surface area (Å²) in [6, 6.07) is 21.1. The molecular weight excluding hydrogens is 308 g/mol. The maximum absolute atomic E-state index is 4.69. The molecule has 0 atom stereocenters. The lowest BCUT2D eigenvalue weighted by Gasteiger charge is -2.06. The Morgan fingerprint density at radius 3 is 2.77 bits per heavy atom. The van der Waals surface area contributed by atoms with Crippen LogP contribution in [-0.4, -0.2) is 11.2 Å². The number of nitrogens with zero attached hydrogens (tertiary/aromatic N) is 1. The van der Waals surface area contributed by atoms with Gasteiger partial charge in [0.05, 0.1) is 10.2 Å². The number of hydrogen-bond donors (Lipinski definition) is 1. The number of thioether (sulfide) groups is 1. The summed E-state index contributed by atoms with van der Waals surface area (Å²) in [7, 11) is 0. The van der Waals surface area contributed by atoms with Crippen LogP contribution in [0.4, 0.5) is 10.8 Å². The number of benzene rings is 3. The van der Waals surface area contributed by atoms with Crippen molar-refractivity contribution < 1.29 is 0 Å². The minimum atomic E-state index is 0.935. The zero-order valence-electron chi connectivity index (χ0n) is 12.0. The van der Waals surface area contributed by atoms with Crippen LogP contribution in [0.25, 0.3) is 21.0 Å². The van der Waals surface area contributed by atoms with Gasteiger partial charge >= 0.3 is 0 Å². The third-order valence-electron chi connectivity index (χ3n) is 3.63. The number of hydrogen-bond acceptors (Lipinski definition) is 4. The number of fused-ring (bicyclic) bond motifs is 2. The van der Waals surface area contributed by atoms with Gasteiger partial charge in [-0.05, 0) is 35.9 Å². The monoisotopic (exact) mass is 322 g/mol. The van der Waals surface area contributed by atoms with E-state index < -0.39 is 0 Å². The largest absolute Gasteiger partial charge is 0.331 e. The van der Waals surface area contributed by atoms with E-state index in [2.05, 4.69) is 77.2 Å². The standard InChI is InChI=1S/C18H14N2S2/c1-21-13-9-10-16-17(11-13)22-18(20-16)19-15-8-4-6-12-5-2-3-7-14(12)15/h2-11H,1H3,(H,19,20). The van der Waals surface area contributed by atoms with Gasteiger partial charge in [0.1, 0.15) is 0 Å². The molecule has 0 aliphatic heterocycles. The van der Waals surface area contributed by atoms with Crippen molar-refractivity contribution in [1.82, 2.24) is 4.98 Å². The highest BCUT2D eigenvalue weighted by Crippen LogP contribution is 2.33. The van der Waals surface area contributed by atoms with E-state index in [1.54, 1.807) is 23.1 Å². The molecule has 1 N–H and O–H groups in total. The molecule has 0 aliphatic carbocycles. The normalized spacial score (nSPS) is 11.1. The van der Waals surface area contributed by atoms with Crippen molar-refractivity contribution in [3.05, 3.63) is 60.7 Å². The molecule has 4 rings (SSSR count). The topological polar surface area (TPSA) is 24.9 Å². The van der Waals surface area contributed by atoms with Crippen molar-refractivity contribution in [3.8, 4) is 0 Å². The highest BCUT2D eigenvalue weighted by Gasteiger charge is 2.06. The zero-order valence-corrected chi connectivity index (χ0v) is 13.7. The summed E-state index contributed by atoms with van der Waals surface area (Å²) in [5, 5.41) is 6.86. The summed E-state index contributed by atoms with van der Waals surface area (Å²) < 4.78 is 1.22. The maximum atomic E-state index is 4.69. The summed E-state index contributed by atoms with van der Waals surface area (Å²) in [6.07, 6.45) is 2.09. The van der Waals surface area contributed by atoms with Crippen LogP contribution in [0.15, 0.2) is 65.6 Å². The zero-order chi connectivity index (χ0) is 14.9. The smallest absolute Gasteiger partial charge is 0.188 e. The summed E-state index contributed by atoms with van der Waals surface area (Å²) in [6.45, 7) is 0. The molecule has 4 heteroatoms. The Labute approximate surface area is 137 Å². The average molecular weight is 322 g/mol. The fourth-order valence-corrected chi connectivity index (χ4v) is 3.97. The van der Waals surface area contributed by atoms with Crippen LogP contribution in [0, 0.1) is 0 Å². The fraction of sp³-hybridized carbons (Fsp3) is 0.0556. The average Bonchev–Trinajstić information content (AvgIpc) is 2.96. The van der Waals surface area contributed by atoms with Crippen LogP contribution in [0.1, 0.15) is 0 Å². The number of aromatic nitrogens is 1. The number of anilines is 2. The molecule has 0 unspecified atom stereocenters. The molecule has 0 radical (unpaired) electrons. The van der Waals surface area contributed by atoms with E-state index in [9.17, 15) is 0 Å². The third kappa shape index (κ3) is 2.45. The number of rotatable bonds is 3. The van der Waals surface area contributed by atoms with E-state index in [1.165, 1.54) is 20.4 Å². The second-order valence-corrected chi connectivity index (χ2v) is 6.91. The minimum absolute atomic E-state index is 0.935. The van der Waals surface area contributed by atoms with Crippen LogP contribution in [0.5, 0.6) is 0 Å². The molecule has 1 heterocycles. The molecule has 22 heavy (non-hydrogen) atoms. The fourth-order valence-electron chi connectivity index (χ4n) is 2.53. The van der Waals surface area contributed by atoms with Gasteiger partial charge in [-0.25, -0.2) is 4.98 Å². The molecule has 108 valence electrons. The second kappa shape index (κ2) is 5.63. The minimum Gasteiger partial charge on any atom is -0.331 e. The summed E-state index contributed by atoms with van der Waals surface area (Å²) in [5.74, 6) is 0. The van der Waals surface area contributed by atoms with Gasteiger partial charge in [0, 0.05) is 16.0 Å². The van der Waals surface area contributed by atoms with Gasteiger partial charge in [-0.15, -0.1) is 11.8 Å². The Bertz CT molecular complexity index is 954. The van der Waals surface area contributed by atoms with Crippen LogP contribution < -0.4 is 5.32 Å². The van der Waals surface area contributed by atoms with Gasteiger partial charge in [0.15, 0.2) is 5.13 Å². The van der Waals surface area contributed by atoms with Crippen molar-refractivity contribution in [2.45, 2.75) is 4.90 Å². The van der Waals surface area contributed by atoms with E-state index in [1.807, 2.05) is 0 Å². The molecule has 0 saturated carbocycles. The van der Waals surface area contributed by atoms with Gasteiger partial charge in [0.25, 0.3) is 0 Å². The number of nitrogens with one attached hydrogen (secondary N) is 1. The summed E-state index contributed by atoms with van der Waals surface area (Å²) in [4.78, 5) is 5.96. The molecule has 4 aromatic rings. The molecule has 3 aromatic carbocycles. The van der Waals surface area contributed by atoms with Crippen LogP contribution in [0.2, 0.25) is 0 Å². The first-order chi connectivity index (χ1) is 10.8. The first-order valence-electron chi connectivity index (χ1n) is 7.03. The Hall–Kier alpha value is -2.04. The van der Waals surface area contributed by atoms with Crippen LogP contribution >= 0.6 is 23.1 Å². The Kier molecular flexibility index (Phi) is 3.48. The molecule has 0 bridgehead atoms. The lowest BCUT2D eigenvalue weighted by atomic mass is 10.1. The van der Waals surface area contributed by atoms with Crippen LogP contribution in [-0.2, 0) is 0 Å². The van der Waals surface area contributed by atoms with Crippen molar-refractivity contribution in [3.63, 3.8) is 0 Å². The van der Waals surface area contributed by atoms with Crippen molar-refractivity contribution in [2.24, 2.45) is 0 Å². The molecular formula is C18H14N2S2. The van der Waals surface area contributed by atoms with Gasteiger partial charge in [0.2, 0.25) is 0 Å². The van der Waals surface area contributed by atoms with Crippen molar-refractivity contribution >= 4 is 54.9 Å². The first-order valence-corrected chi connectivity index (χ1v) is 9.07. The summed E-state index contributed by atoms with van der Waals surface area (Å²) in [5.41, 5.74) is 2.15.